The van der Waals surface area contributed by atoms with Crippen LogP contribution >= 0.6 is 0 Å². The third kappa shape index (κ3) is 4.56. The summed E-state index contributed by atoms with van der Waals surface area (Å²) < 4.78 is 10.2. The predicted octanol–water partition coefficient (Wildman–Crippen LogP) is 3.11. The zero-order chi connectivity index (χ0) is 28.0. The van der Waals surface area contributed by atoms with Gasteiger partial charge in [0.25, 0.3) is 5.91 Å². The number of rotatable bonds is 7. The first kappa shape index (κ1) is 26.2. The van der Waals surface area contributed by atoms with Crippen molar-refractivity contribution in [1.82, 2.24) is 24.3 Å². The molecule has 4 aromatic rings. The van der Waals surface area contributed by atoms with Gasteiger partial charge >= 0.3 is 0 Å². The molecule has 1 atom stereocenters. The van der Waals surface area contributed by atoms with Gasteiger partial charge in [0, 0.05) is 70.2 Å². The van der Waals surface area contributed by atoms with Gasteiger partial charge in [0.15, 0.2) is 5.82 Å². The Morgan fingerprint density at radius 1 is 1.15 bits per heavy atom. The van der Waals surface area contributed by atoms with Crippen LogP contribution in [-0.4, -0.2) is 76.7 Å². The maximum atomic E-state index is 13.4. The minimum Gasteiger partial charge on any atom is -0.494 e. The van der Waals surface area contributed by atoms with Gasteiger partial charge in [0.1, 0.15) is 11.3 Å². The zero-order valence-electron chi connectivity index (χ0n) is 23.4. The number of piperidine rings is 1. The topological polar surface area (TPSA) is 111 Å². The average molecular weight is 544 g/mol. The van der Waals surface area contributed by atoms with Gasteiger partial charge in [-0.15, -0.1) is 0 Å². The number of carbonyl (C=O) groups excluding carboxylic acids is 2. The molecule has 4 heterocycles. The lowest BCUT2D eigenvalue weighted by Gasteiger charge is -2.31. The van der Waals surface area contributed by atoms with Crippen LogP contribution in [0.25, 0.3) is 33.5 Å². The van der Waals surface area contributed by atoms with Crippen molar-refractivity contribution in [3.8, 4) is 17.3 Å². The Kier molecular flexibility index (Phi) is 6.87. The molecule has 6 rings (SSSR count). The molecule has 2 aromatic heterocycles. The first-order chi connectivity index (χ1) is 19.4. The van der Waals surface area contributed by atoms with Gasteiger partial charge in [-0.1, -0.05) is 12.1 Å². The average Bonchev–Trinajstić information content (AvgIpc) is 3.49. The Bertz CT molecular complexity index is 1600. The fourth-order valence-corrected chi connectivity index (χ4v) is 6.28. The zero-order valence-corrected chi connectivity index (χ0v) is 23.4. The number of aromatic nitrogens is 3. The summed E-state index contributed by atoms with van der Waals surface area (Å²) in [6.07, 6.45) is 2.75. The van der Waals surface area contributed by atoms with Crippen LogP contribution in [0.3, 0.4) is 0 Å². The fourth-order valence-electron chi connectivity index (χ4n) is 6.28. The Morgan fingerprint density at radius 3 is 2.77 bits per heavy atom. The van der Waals surface area contributed by atoms with E-state index in [1.807, 2.05) is 24.1 Å². The SMILES string of the molecule is COc1cc(C(=O)N2CCCC(N)C2)cc2nc(-c3cc4cccc5c4n3CCN5CCCNC(C)=O)n(C)c12. The molecule has 2 aromatic carbocycles. The first-order valence-electron chi connectivity index (χ1n) is 14.1. The first-order valence-corrected chi connectivity index (χ1v) is 14.1. The number of hydrogen-bond acceptors (Lipinski definition) is 6. The van der Waals surface area contributed by atoms with Gasteiger partial charge in [-0.3, -0.25) is 9.59 Å². The second-order valence-electron chi connectivity index (χ2n) is 10.9. The number of imidazole rings is 1. The van der Waals surface area contributed by atoms with Gasteiger partial charge in [-0.2, -0.15) is 0 Å². The number of hydrogen-bond donors (Lipinski definition) is 2. The molecule has 40 heavy (non-hydrogen) atoms. The van der Waals surface area contributed by atoms with Crippen LogP contribution in [-0.2, 0) is 18.4 Å². The summed E-state index contributed by atoms with van der Waals surface area (Å²) in [6.45, 7) is 6.09. The number of nitrogens with two attached hydrogens (primary N) is 1. The molecule has 0 bridgehead atoms. The molecular weight excluding hydrogens is 506 g/mol. The number of nitrogens with zero attached hydrogens (tertiary/aromatic N) is 5. The number of amides is 2. The van der Waals surface area contributed by atoms with E-state index < -0.39 is 0 Å². The third-order valence-corrected chi connectivity index (χ3v) is 8.19. The molecule has 2 aliphatic heterocycles. The summed E-state index contributed by atoms with van der Waals surface area (Å²) in [5, 5.41) is 4.06. The number of likely N-dealkylation sites (tertiary alicyclic amines) is 1. The molecule has 3 N–H and O–H groups in total. The molecule has 210 valence electrons. The lowest BCUT2D eigenvalue weighted by atomic mass is 10.0. The molecule has 0 spiro atoms. The molecule has 2 amide bonds. The number of nitrogens with one attached hydrogen (secondary N) is 1. The standard InChI is InChI=1S/C30H37N7O3/c1-19(38)32-10-6-12-35-13-14-37-25(16-20-7-4-9-24(35)27(20)37)29-33-23-15-21(17-26(40-3)28(23)34(29)2)30(39)36-11-5-8-22(31)18-36/h4,7,9,15-17,22H,5-6,8,10-14,18,31H2,1-3H3,(H,32,38). The fraction of sp³-hybridized carbons (Fsp3) is 0.433. The lowest BCUT2D eigenvalue weighted by Crippen LogP contribution is -2.45. The summed E-state index contributed by atoms with van der Waals surface area (Å²) in [6, 6.07) is 12.3. The van der Waals surface area contributed by atoms with Crippen LogP contribution in [0.2, 0.25) is 0 Å². The van der Waals surface area contributed by atoms with Crippen molar-refractivity contribution in [1.29, 1.82) is 0 Å². The number of anilines is 1. The number of para-hydroxylation sites is 1. The Balaban J connectivity index is 1.37. The number of ether oxygens (including phenoxy) is 1. The molecular formula is C30H37N7O3. The summed E-state index contributed by atoms with van der Waals surface area (Å²) >= 11 is 0. The molecule has 10 nitrogen and oxygen atoms in total. The lowest BCUT2D eigenvalue weighted by molar-refractivity contribution is -0.118. The number of carbonyl (C=O) groups is 2. The minimum absolute atomic E-state index is 0.00512. The molecule has 1 saturated heterocycles. The summed E-state index contributed by atoms with van der Waals surface area (Å²) in [5.41, 5.74) is 11.7. The van der Waals surface area contributed by atoms with Crippen LogP contribution in [0.1, 0.15) is 36.5 Å². The molecule has 0 saturated carbocycles. The monoisotopic (exact) mass is 543 g/mol. The van der Waals surface area contributed by atoms with Crippen molar-refractivity contribution < 1.29 is 14.3 Å². The van der Waals surface area contributed by atoms with Crippen LogP contribution in [0.4, 0.5) is 5.69 Å². The molecule has 0 radical (unpaired) electrons. The smallest absolute Gasteiger partial charge is 0.254 e. The second kappa shape index (κ2) is 10.5. The van der Waals surface area contributed by atoms with Crippen LogP contribution in [0.5, 0.6) is 5.75 Å². The van der Waals surface area contributed by atoms with Crippen molar-refractivity contribution in [2.45, 2.75) is 38.8 Å². The Hall–Kier alpha value is -4.05. The van der Waals surface area contributed by atoms with E-state index in [0.29, 0.717) is 30.9 Å². The van der Waals surface area contributed by atoms with Gasteiger partial charge in [-0.05, 0) is 43.5 Å². The molecule has 0 aliphatic carbocycles. The van der Waals surface area contributed by atoms with E-state index in [-0.39, 0.29) is 17.9 Å². The third-order valence-electron chi connectivity index (χ3n) is 8.19. The van der Waals surface area contributed by atoms with E-state index in [1.54, 1.807) is 14.0 Å². The van der Waals surface area contributed by atoms with E-state index in [2.05, 4.69) is 43.6 Å². The molecule has 10 heteroatoms. The quantitative estimate of drug-likeness (QED) is 0.347. The maximum Gasteiger partial charge on any atom is 0.254 e. The predicted molar refractivity (Wildman–Crippen MR) is 157 cm³/mol. The van der Waals surface area contributed by atoms with Gasteiger partial charge in [0.05, 0.1) is 29.5 Å². The Labute approximate surface area is 233 Å². The van der Waals surface area contributed by atoms with Crippen molar-refractivity contribution in [3.63, 3.8) is 0 Å². The van der Waals surface area contributed by atoms with E-state index in [4.69, 9.17) is 15.5 Å². The van der Waals surface area contributed by atoms with Crippen LogP contribution in [0, 0.1) is 0 Å². The highest BCUT2D eigenvalue weighted by molar-refractivity contribution is 6.01. The number of fused-ring (bicyclic) bond motifs is 1. The highest BCUT2D eigenvalue weighted by Crippen LogP contribution is 2.39. The highest BCUT2D eigenvalue weighted by Gasteiger charge is 2.27. The van der Waals surface area contributed by atoms with Crippen LogP contribution < -0.4 is 20.7 Å². The molecule has 2 aliphatic rings. The molecule has 1 unspecified atom stereocenters. The van der Waals surface area contributed by atoms with Crippen molar-refractivity contribution in [2.24, 2.45) is 12.8 Å². The van der Waals surface area contributed by atoms with Crippen molar-refractivity contribution >= 4 is 39.4 Å². The van der Waals surface area contributed by atoms with Gasteiger partial charge in [0.2, 0.25) is 5.91 Å². The maximum absolute atomic E-state index is 13.4. The van der Waals surface area contributed by atoms with E-state index in [1.165, 1.54) is 11.2 Å². The minimum atomic E-state index is -0.0330. The van der Waals surface area contributed by atoms with Gasteiger partial charge < -0.3 is 34.7 Å². The van der Waals surface area contributed by atoms with Crippen molar-refractivity contribution in [2.75, 3.05) is 44.7 Å². The number of methoxy groups -OCH3 is 1. The highest BCUT2D eigenvalue weighted by atomic mass is 16.5. The Morgan fingerprint density at radius 2 is 2.00 bits per heavy atom. The van der Waals surface area contributed by atoms with E-state index in [0.717, 1.165) is 66.8 Å². The van der Waals surface area contributed by atoms with Crippen molar-refractivity contribution in [3.05, 3.63) is 42.0 Å². The summed E-state index contributed by atoms with van der Waals surface area (Å²) in [4.78, 5) is 33.9. The second-order valence-corrected chi connectivity index (χ2v) is 10.9. The summed E-state index contributed by atoms with van der Waals surface area (Å²) in [5.74, 6) is 1.43. The molecule has 1 fully saturated rings. The van der Waals surface area contributed by atoms with E-state index in [9.17, 15) is 9.59 Å². The largest absolute Gasteiger partial charge is 0.494 e. The number of benzene rings is 2. The van der Waals surface area contributed by atoms with Gasteiger partial charge in [-0.25, -0.2) is 4.98 Å². The normalized spacial score (nSPS) is 17.1. The number of aryl methyl sites for hydroxylation is 1. The van der Waals surface area contributed by atoms with E-state index >= 15 is 0 Å². The van der Waals surface area contributed by atoms with Crippen LogP contribution in [0.15, 0.2) is 36.4 Å². The summed E-state index contributed by atoms with van der Waals surface area (Å²) in [7, 11) is 3.63.